The van der Waals surface area contributed by atoms with Crippen LogP contribution in [0.15, 0.2) is 15.9 Å². The number of piperidine rings is 1. The van der Waals surface area contributed by atoms with Gasteiger partial charge in [0.1, 0.15) is 12.6 Å². The van der Waals surface area contributed by atoms with Crippen molar-refractivity contribution in [2.75, 3.05) is 6.54 Å². The number of halogens is 3. The molecule has 1 unspecified atom stereocenters. The van der Waals surface area contributed by atoms with E-state index in [1.54, 1.807) is 0 Å². The minimum absolute atomic E-state index is 0.00326. The predicted octanol–water partition coefficient (Wildman–Crippen LogP) is 0.377. The van der Waals surface area contributed by atoms with Crippen LogP contribution in [-0.2, 0) is 25.4 Å². The van der Waals surface area contributed by atoms with Crippen molar-refractivity contribution < 1.29 is 18.0 Å². The number of hydrogen-bond donors (Lipinski definition) is 0. The second-order valence-electron chi connectivity index (χ2n) is 6.39. The molecule has 2 aromatic heterocycles. The smallest absolute Gasteiger partial charge is 0.329 e. The van der Waals surface area contributed by atoms with Crippen LogP contribution in [0.5, 0.6) is 0 Å². The number of hydrogen-bond acceptors (Lipinski definition) is 4. The van der Waals surface area contributed by atoms with Crippen molar-refractivity contribution in [3.8, 4) is 0 Å². The first-order valence-corrected chi connectivity index (χ1v) is 8.10. The molecule has 0 aromatic carbocycles. The molecule has 3 rings (SSSR count). The summed E-state index contributed by atoms with van der Waals surface area (Å²) in [7, 11) is 2.71. The number of carbonyl (C=O) groups is 1. The molecule has 0 bridgehead atoms. The molecule has 3 heterocycles. The fraction of sp³-hybridized carbons (Fsp3) is 0.600. The minimum atomic E-state index is -4.49. The van der Waals surface area contributed by atoms with E-state index >= 15 is 0 Å². The third-order valence-electron chi connectivity index (χ3n) is 4.72. The molecule has 1 aliphatic heterocycles. The Labute approximate surface area is 145 Å². The molecular weight excluding hydrogens is 355 g/mol. The standard InChI is InChI=1S/C15H18F3N5O3/c1-20-12-11(13(25)21(2)14(20)26)22(8-19-12)7-10(24)23-6-4-3-5-9(23)15(16,17)18/h8-9H,3-7H2,1-2H3. The lowest BCUT2D eigenvalue weighted by molar-refractivity contribution is -0.196. The van der Waals surface area contributed by atoms with Crippen LogP contribution in [-0.4, -0.2) is 48.3 Å². The summed E-state index contributed by atoms with van der Waals surface area (Å²) in [6.45, 7) is -0.428. The molecule has 1 amide bonds. The summed E-state index contributed by atoms with van der Waals surface area (Å²) in [5.41, 5.74) is -1.15. The largest absolute Gasteiger partial charge is 0.408 e. The molecule has 2 aromatic rings. The van der Waals surface area contributed by atoms with E-state index in [4.69, 9.17) is 0 Å². The number of fused-ring (bicyclic) bond motifs is 1. The van der Waals surface area contributed by atoms with Crippen molar-refractivity contribution >= 4 is 17.1 Å². The molecule has 0 N–H and O–H groups in total. The molecular formula is C15H18F3N5O3. The summed E-state index contributed by atoms with van der Waals surface area (Å²) in [5.74, 6) is -0.734. The van der Waals surface area contributed by atoms with E-state index in [2.05, 4.69) is 4.98 Å². The first-order valence-electron chi connectivity index (χ1n) is 8.10. The van der Waals surface area contributed by atoms with Gasteiger partial charge in [-0.3, -0.25) is 18.7 Å². The highest BCUT2D eigenvalue weighted by Crippen LogP contribution is 2.32. The Morgan fingerprint density at radius 1 is 1.23 bits per heavy atom. The van der Waals surface area contributed by atoms with Gasteiger partial charge in [-0.15, -0.1) is 0 Å². The monoisotopic (exact) mass is 373 g/mol. The van der Waals surface area contributed by atoms with E-state index < -0.39 is 35.9 Å². The van der Waals surface area contributed by atoms with Gasteiger partial charge in [-0.25, -0.2) is 9.78 Å². The van der Waals surface area contributed by atoms with Gasteiger partial charge in [-0.1, -0.05) is 0 Å². The molecule has 0 radical (unpaired) electrons. The van der Waals surface area contributed by atoms with Gasteiger partial charge in [0.25, 0.3) is 5.56 Å². The first-order chi connectivity index (χ1) is 12.1. The van der Waals surface area contributed by atoms with Crippen LogP contribution in [0, 0.1) is 0 Å². The summed E-state index contributed by atoms with van der Waals surface area (Å²) in [4.78, 5) is 41.6. The number of imidazole rings is 1. The fourth-order valence-electron chi connectivity index (χ4n) is 3.32. The summed E-state index contributed by atoms with van der Waals surface area (Å²) in [5, 5.41) is 0. The molecule has 0 spiro atoms. The Balaban J connectivity index is 1.98. The molecule has 0 aliphatic carbocycles. The van der Waals surface area contributed by atoms with E-state index in [1.165, 1.54) is 25.0 Å². The van der Waals surface area contributed by atoms with Crippen molar-refractivity contribution in [3.05, 3.63) is 27.2 Å². The van der Waals surface area contributed by atoms with Gasteiger partial charge < -0.3 is 9.47 Å². The number of amides is 1. The average Bonchev–Trinajstić information content (AvgIpc) is 3.01. The second-order valence-corrected chi connectivity index (χ2v) is 6.39. The van der Waals surface area contributed by atoms with Gasteiger partial charge in [0, 0.05) is 20.6 Å². The van der Waals surface area contributed by atoms with Gasteiger partial charge in [0.2, 0.25) is 5.91 Å². The average molecular weight is 373 g/mol. The number of aryl methyl sites for hydroxylation is 1. The number of rotatable bonds is 2. The third kappa shape index (κ3) is 2.90. The zero-order chi connectivity index (χ0) is 19.2. The van der Waals surface area contributed by atoms with Crippen LogP contribution in [0.3, 0.4) is 0 Å². The Hall–Kier alpha value is -2.59. The van der Waals surface area contributed by atoms with Crippen LogP contribution in [0.25, 0.3) is 11.2 Å². The minimum Gasteiger partial charge on any atom is -0.329 e. The van der Waals surface area contributed by atoms with Gasteiger partial charge in [0.15, 0.2) is 11.2 Å². The molecule has 1 fully saturated rings. The summed E-state index contributed by atoms with van der Waals surface area (Å²) >= 11 is 0. The lowest BCUT2D eigenvalue weighted by atomic mass is 10.0. The highest BCUT2D eigenvalue weighted by Gasteiger charge is 2.46. The number of nitrogens with zero attached hydrogens (tertiary/aromatic N) is 5. The molecule has 1 atom stereocenters. The Morgan fingerprint density at radius 3 is 2.58 bits per heavy atom. The summed E-state index contributed by atoms with van der Waals surface area (Å²) in [6.07, 6.45) is -2.52. The molecule has 1 aliphatic rings. The van der Waals surface area contributed by atoms with Gasteiger partial charge in [-0.2, -0.15) is 13.2 Å². The number of alkyl halides is 3. The van der Waals surface area contributed by atoms with Crippen LogP contribution in [0.4, 0.5) is 13.2 Å². The number of likely N-dealkylation sites (tertiary alicyclic amines) is 1. The van der Waals surface area contributed by atoms with Gasteiger partial charge >= 0.3 is 11.9 Å². The highest BCUT2D eigenvalue weighted by molar-refractivity contribution is 5.79. The highest BCUT2D eigenvalue weighted by atomic mass is 19.4. The molecule has 142 valence electrons. The molecule has 11 heteroatoms. The molecule has 8 nitrogen and oxygen atoms in total. The first kappa shape index (κ1) is 18.2. The van der Waals surface area contributed by atoms with E-state index in [0.29, 0.717) is 12.8 Å². The van der Waals surface area contributed by atoms with Crippen LogP contribution in [0.1, 0.15) is 19.3 Å². The molecule has 1 saturated heterocycles. The SMILES string of the molecule is Cn1c(=O)c2c(ncn2CC(=O)N2CCCCC2C(F)(F)F)n(C)c1=O. The number of carbonyl (C=O) groups excluding carboxylic acids is 1. The summed E-state index contributed by atoms with van der Waals surface area (Å²) in [6, 6.07) is -1.81. The number of aromatic nitrogens is 4. The lowest BCUT2D eigenvalue weighted by Crippen LogP contribution is -2.52. The maximum atomic E-state index is 13.2. The van der Waals surface area contributed by atoms with Crippen molar-refractivity contribution in [3.63, 3.8) is 0 Å². The normalized spacial score (nSPS) is 18.5. The topological polar surface area (TPSA) is 82.1 Å². The Bertz CT molecular complexity index is 972. The zero-order valence-corrected chi connectivity index (χ0v) is 14.3. The lowest BCUT2D eigenvalue weighted by Gasteiger charge is -2.36. The fourth-order valence-corrected chi connectivity index (χ4v) is 3.32. The quantitative estimate of drug-likeness (QED) is 0.762. The summed E-state index contributed by atoms with van der Waals surface area (Å²) < 4.78 is 42.8. The molecule has 0 saturated carbocycles. The molecule has 26 heavy (non-hydrogen) atoms. The van der Waals surface area contributed by atoms with E-state index in [9.17, 15) is 27.6 Å². The van der Waals surface area contributed by atoms with Crippen molar-refractivity contribution in [1.29, 1.82) is 0 Å². The van der Waals surface area contributed by atoms with Gasteiger partial charge in [0.05, 0.1) is 6.33 Å². The van der Waals surface area contributed by atoms with E-state index in [1.807, 2.05) is 0 Å². The second kappa shape index (κ2) is 6.29. The van der Waals surface area contributed by atoms with E-state index in [0.717, 1.165) is 14.0 Å². The predicted molar refractivity (Wildman–Crippen MR) is 85.6 cm³/mol. The maximum Gasteiger partial charge on any atom is 0.408 e. The van der Waals surface area contributed by atoms with Crippen LogP contribution >= 0.6 is 0 Å². The van der Waals surface area contributed by atoms with Crippen LogP contribution < -0.4 is 11.2 Å². The maximum absolute atomic E-state index is 13.2. The Kier molecular flexibility index (Phi) is 4.41. The van der Waals surface area contributed by atoms with Crippen molar-refractivity contribution in [2.24, 2.45) is 14.1 Å². The van der Waals surface area contributed by atoms with Crippen molar-refractivity contribution in [2.45, 2.75) is 38.0 Å². The Morgan fingerprint density at radius 2 is 1.92 bits per heavy atom. The zero-order valence-electron chi connectivity index (χ0n) is 14.3. The third-order valence-corrected chi connectivity index (χ3v) is 4.72. The van der Waals surface area contributed by atoms with Crippen LogP contribution in [0.2, 0.25) is 0 Å². The van der Waals surface area contributed by atoms with E-state index in [-0.39, 0.29) is 24.1 Å². The van der Waals surface area contributed by atoms with Gasteiger partial charge in [-0.05, 0) is 19.3 Å². The van der Waals surface area contributed by atoms with Crippen molar-refractivity contribution in [1.82, 2.24) is 23.6 Å².